The van der Waals surface area contributed by atoms with Crippen molar-refractivity contribution < 1.29 is 4.84 Å². The van der Waals surface area contributed by atoms with E-state index in [0.29, 0.717) is 12.0 Å². The van der Waals surface area contributed by atoms with Crippen LogP contribution in [0.2, 0.25) is 0 Å². The number of rotatable bonds is 3. The largest absolute Gasteiger partial charge is 0.301 e. The van der Waals surface area contributed by atoms with Gasteiger partial charge in [0.2, 0.25) is 0 Å². The van der Waals surface area contributed by atoms with Gasteiger partial charge in [-0.05, 0) is 33.7 Å². The molecule has 12 heavy (non-hydrogen) atoms. The maximum absolute atomic E-state index is 5.15. The predicted octanol–water partition coefficient (Wildman–Crippen LogP) is 0.995. The van der Waals surface area contributed by atoms with E-state index in [-0.39, 0.29) is 6.10 Å². The Balaban J connectivity index is 2.35. The molecule has 0 spiro atoms. The fraction of sp³-hybridized carbons (Fsp3) is 1.00. The number of nitrogens with two attached hydrogens (primary N) is 1. The quantitative estimate of drug-likeness (QED) is 0.645. The Bertz CT molecular complexity index is 138. The van der Waals surface area contributed by atoms with Gasteiger partial charge in [-0.3, -0.25) is 0 Å². The molecule has 1 aliphatic heterocycles. The minimum Gasteiger partial charge on any atom is -0.301 e. The van der Waals surface area contributed by atoms with Crippen molar-refractivity contribution in [3.63, 3.8) is 0 Å². The van der Waals surface area contributed by atoms with E-state index in [4.69, 9.17) is 10.7 Å². The topological polar surface area (TPSA) is 38.5 Å². The highest BCUT2D eigenvalue weighted by Gasteiger charge is 2.28. The molecule has 2 atom stereocenters. The van der Waals surface area contributed by atoms with Gasteiger partial charge < -0.3 is 9.74 Å². The molecular weight excluding hydrogens is 152 g/mol. The first-order valence-electron chi connectivity index (χ1n) is 4.74. The molecule has 0 aromatic heterocycles. The molecule has 1 saturated heterocycles. The summed E-state index contributed by atoms with van der Waals surface area (Å²) in [4.78, 5) is 7.31. The predicted molar refractivity (Wildman–Crippen MR) is 49.6 cm³/mol. The molecule has 1 rings (SSSR count). The fourth-order valence-electron chi connectivity index (χ4n) is 1.78. The summed E-state index contributed by atoms with van der Waals surface area (Å²) < 4.78 is 0. The van der Waals surface area contributed by atoms with Crippen LogP contribution in [0.15, 0.2) is 0 Å². The molecule has 3 heteroatoms. The van der Waals surface area contributed by atoms with E-state index in [1.54, 1.807) is 0 Å². The zero-order valence-electron chi connectivity index (χ0n) is 8.29. The van der Waals surface area contributed by atoms with E-state index < -0.39 is 0 Å². The lowest BCUT2D eigenvalue weighted by molar-refractivity contribution is 0.0260. The van der Waals surface area contributed by atoms with Crippen molar-refractivity contribution in [1.29, 1.82) is 0 Å². The van der Waals surface area contributed by atoms with Gasteiger partial charge in [0, 0.05) is 18.5 Å². The zero-order chi connectivity index (χ0) is 9.14. The summed E-state index contributed by atoms with van der Waals surface area (Å²) in [5, 5.41) is 0. The molecule has 0 bridgehead atoms. The first-order chi connectivity index (χ1) is 5.65. The van der Waals surface area contributed by atoms with Crippen LogP contribution in [0.1, 0.15) is 27.2 Å². The fourth-order valence-corrected chi connectivity index (χ4v) is 1.78. The molecule has 2 unspecified atom stereocenters. The summed E-state index contributed by atoms with van der Waals surface area (Å²) >= 11 is 0. The van der Waals surface area contributed by atoms with Crippen LogP contribution >= 0.6 is 0 Å². The number of hydrogen-bond acceptors (Lipinski definition) is 3. The summed E-state index contributed by atoms with van der Waals surface area (Å²) in [5.41, 5.74) is 0. The zero-order valence-corrected chi connectivity index (χ0v) is 8.29. The van der Waals surface area contributed by atoms with Crippen LogP contribution in [0.4, 0.5) is 0 Å². The highest BCUT2D eigenvalue weighted by Crippen LogP contribution is 2.22. The van der Waals surface area contributed by atoms with Crippen LogP contribution in [0.3, 0.4) is 0 Å². The van der Waals surface area contributed by atoms with E-state index in [1.807, 2.05) is 0 Å². The van der Waals surface area contributed by atoms with Gasteiger partial charge in [-0.15, -0.1) is 0 Å². The van der Waals surface area contributed by atoms with Gasteiger partial charge in [-0.25, -0.2) is 5.90 Å². The van der Waals surface area contributed by atoms with Crippen LogP contribution in [0.5, 0.6) is 0 Å². The minimum absolute atomic E-state index is 0.203. The van der Waals surface area contributed by atoms with Crippen LogP contribution in [-0.4, -0.2) is 30.1 Å². The van der Waals surface area contributed by atoms with Gasteiger partial charge in [-0.2, -0.15) is 0 Å². The van der Waals surface area contributed by atoms with E-state index in [1.165, 1.54) is 13.0 Å². The molecule has 0 aliphatic carbocycles. The summed E-state index contributed by atoms with van der Waals surface area (Å²) in [6, 6.07) is 0.653. The third kappa shape index (κ3) is 2.19. The lowest BCUT2D eigenvalue weighted by atomic mass is 10.0. The molecule has 2 N–H and O–H groups in total. The van der Waals surface area contributed by atoms with Crippen molar-refractivity contribution in [3.8, 4) is 0 Å². The van der Waals surface area contributed by atoms with E-state index in [9.17, 15) is 0 Å². The molecule has 72 valence electrons. The van der Waals surface area contributed by atoms with Crippen molar-refractivity contribution >= 4 is 0 Å². The molecule has 0 amide bonds. The SMILES string of the molecule is CC(ON)C1CCN(C(C)C)C1. The Kier molecular flexibility index (Phi) is 3.50. The number of likely N-dealkylation sites (tertiary alicyclic amines) is 1. The second-order valence-electron chi connectivity index (χ2n) is 3.98. The lowest BCUT2D eigenvalue weighted by Gasteiger charge is -2.21. The van der Waals surface area contributed by atoms with Crippen LogP contribution in [-0.2, 0) is 4.84 Å². The molecule has 1 fully saturated rings. The molecule has 0 saturated carbocycles. The normalized spacial score (nSPS) is 28.2. The Morgan fingerprint density at radius 1 is 1.42 bits per heavy atom. The van der Waals surface area contributed by atoms with Crippen molar-refractivity contribution in [2.45, 2.75) is 39.3 Å². The Labute approximate surface area is 74.8 Å². The number of nitrogens with zero attached hydrogens (tertiary/aromatic N) is 1. The molecule has 3 nitrogen and oxygen atoms in total. The maximum Gasteiger partial charge on any atom is 0.0800 e. The highest BCUT2D eigenvalue weighted by molar-refractivity contribution is 4.80. The molecular formula is C9H20N2O. The molecule has 1 aliphatic rings. The van der Waals surface area contributed by atoms with Crippen LogP contribution < -0.4 is 5.90 Å². The van der Waals surface area contributed by atoms with Gasteiger partial charge in [0.15, 0.2) is 0 Å². The van der Waals surface area contributed by atoms with Crippen molar-refractivity contribution in [1.82, 2.24) is 4.90 Å². The Hall–Kier alpha value is -0.120. The second-order valence-corrected chi connectivity index (χ2v) is 3.98. The van der Waals surface area contributed by atoms with Crippen LogP contribution in [0, 0.1) is 5.92 Å². The van der Waals surface area contributed by atoms with Gasteiger partial charge in [0.1, 0.15) is 0 Å². The second kappa shape index (κ2) is 4.21. The van der Waals surface area contributed by atoms with E-state index >= 15 is 0 Å². The summed E-state index contributed by atoms with van der Waals surface area (Å²) in [6.45, 7) is 8.84. The van der Waals surface area contributed by atoms with Crippen molar-refractivity contribution in [2.75, 3.05) is 13.1 Å². The van der Waals surface area contributed by atoms with E-state index in [0.717, 1.165) is 6.54 Å². The smallest absolute Gasteiger partial charge is 0.0800 e. The molecule has 1 heterocycles. The lowest BCUT2D eigenvalue weighted by Crippen LogP contribution is -2.31. The summed E-state index contributed by atoms with van der Waals surface area (Å²) in [5.74, 6) is 5.78. The maximum atomic E-state index is 5.15. The average Bonchev–Trinajstić information content (AvgIpc) is 2.51. The van der Waals surface area contributed by atoms with E-state index in [2.05, 4.69) is 25.7 Å². The standard InChI is InChI=1S/C9H20N2O/c1-7(2)11-5-4-9(6-11)8(3)12-10/h7-9H,4-6,10H2,1-3H3. The molecule has 0 aromatic rings. The van der Waals surface area contributed by atoms with Crippen molar-refractivity contribution in [2.24, 2.45) is 11.8 Å². The third-order valence-corrected chi connectivity index (χ3v) is 2.86. The summed E-state index contributed by atoms with van der Waals surface area (Å²) in [6.07, 6.45) is 1.42. The Morgan fingerprint density at radius 2 is 2.08 bits per heavy atom. The van der Waals surface area contributed by atoms with Gasteiger partial charge in [-0.1, -0.05) is 0 Å². The monoisotopic (exact) mass is 172 g/mol. The van der Waals surface area contributed by atoms with Gasteiger partial charge >= 0.3 is 0 Å². The first-order valence-corrected chi connectivity index (χ1v) is 4.74. The molecule has 0 aromatic carbocycles. The number of hydrogen-bond donors (Lipinski definition) is 1. The van der Waals surface area contributed by atoms with Gasteiger partial charge in [0.25, 0.3) is 0 Å². The molecule has 0 radical (unpaired) electrons. The Morgan fingerprint density at radius 3 is 2.50 bits per heavy atom. The highest BCUT2D eigenvalue weighted by atomic mass is 16.6. The average molecular weight is 172 g/mol. The van der Waals surface area contributed by atoms with Crippen molar-refractivity contribution in [3.05, 3.63) is 0 Å². The first kappa shape index (κ1) is 9.96. The summed E-state index contributed by atoms with van der Waals surface area (Å²) in [7, 11) is 0. The minimum atomic E-state index is 0.203. The van der Waals surface area contributed by atoms with Gasteiger partial charge in [0.05, 0.1) is 6.10 Å². The van der Waals surface area contributed by atoms with Crippen LogP contribution in [0.25, 0.3) is 0 Å². The third-order valence-electron chi connectivity index (χ3n) is 2.86.